The molecule has 2 aromatic rings. The predicted octanol–water partition coefficient (Wildman–Crippen LogP) is 6.08. The second kappa shape index (κ2) is 9.50. The fourth-order valence-electron chi connectivity index (χ4n) is 2.71. The molecule has 0 unspecified atom stereocenters. The number of hydrogen-bond donors (Lipinski definition) is 0. The minimum Gasteiger partial charge on any atom is -0.463 e. The van der Waals surface area contributed by atoms with E-state index in [-0.39, 0.29) is 17.1 Å². The van der Waals surface area contributed by atoms with E-state index in [9.17, 15) is 4.79 Å². The van der Waals surface area contributed by atoms with E-state index in [1.807, 2.05) is 37.3 Å². The predicted molar refractivity (Wildman–Crippen MR) is 121 cm³/mol. The van der Waals surface area contributed by atoms with Crippen LogP contribution in [0.25, 0.3) is 6.08 Å². The van der Waals surface area contributed by atoms with Gasteiger partial charge in [-0.05, 0) is 61.3 Å². The Morgan fingerprint density at radius 3 is 2.41 bits per heavy atom. The smallest absolute Gasteiger partial charge is 0.330 e. The Morgan fingerprint density at radius 2 is 1.83 bits per heavy atom. The molecule has 1 atom stereocenters. The lowest BCUT2D eigenvalue weighted by molar-refractivity contribution is -0.137. The lowest BCUT2D eigenvalue weighted by Crippen LogP contribution is -2.42. The zero-order valence-corrected chi connectivity index (χ0v) is 19.7. The third kappa shape index (κ3) is 6.37. The summed E-state index contributed by atoms with van der Waals surface area (Å²) in [5.41, 5.74) is 3.71. The summed E-state index contributed by atoms with van der Waals surface area (Å²) in [6.45, 7) is 15.3. The van der Waals surface area contributed by atoms with Gasteiger partial charge in [-0.2, -0.15) is 0 Å². The summed E-state index contributed by atoms with van der Waals surface area (Å²) in [6, 6.07) is 14.2. The Hall–Kier alpha value is -2.24. The van der Waals surface area contributed by atoms with E-state index in [1.165, 1.54) is 6.08 Å². The first-order valence-electron chi connectivity index (χ1n) is 10.1. The molecule has 0 radical (unpaired) electrons. The van der Waals surface area contributed by atoms with Gasteiger partial charge in [0.05, 0.1) is 12.3 Å². The molecule has 0 aliphatic carbocycles. The first-order valence-corrected chi connectivity index (χ1v) is 13.0. The van der Waals surface area contributed by atoms with Crippen LogP contribution in [-0.4, -0.2) is 25.9 Å². The van der Waals surface area contributed by atoms with Crippen LogP contribution in [0.3, 0.4) is 0 Å². The number of carbonyl (C=O) groups excluding carboxylic acids is 1. The number of benzene rings is 1. The van der Waals surface area contributed by atoms with Crippen molar-refractivity contribution in [2.24, 2.45) is 0 Å². The topological polar surface area (TPSA) is 48.4 Å². The van der Waals surface area contributed by atoms with E-state index in [4.69, 9.17) is 14.1 Å². The SMILES string of the molecule is CCOC(=O)/C=C/c1cc(C)nc([C@@H](O[Si](C)(C)C(C)(C)C)c2ccccc2)c1. The Labute approximate surface area is 176 Å². The molecular formula is C24H33NO3Si. The highest BCUT2D eigenvalue weighted by Gasteiger charge is 2.40. The van der Waals surface area contributed by atoms with Gasteiger partial charge in [0.2, 0.25) is 0 Å². The standard InChI is InChI=1S/C24H33NO3Si/c1-8-27-22(26)15-14-19-16-18(2)25-21(17-19)23(20-12-10-9-11-13-20)28-29(6,7)24(3,4)5/h9-17,23H,8H2,1-7H3/b15-14+/t23-/m0/s1. The Balaban J connectivity index is 2.47. The highest BCUT2D eigenvalue weighted by Crippen LogP contribution is 2.41. The normalized spacial score (nSPS) is 13.5. The number of ether oxygens (including phenoxy) is 1. The molecule has 0 saturated heterocycles. The number of hydrogen-bond acceptors (Lipinski definition) is 4. The van der Waals surface area contributed by atoms with Crippen LogP contribution in [0.5, 0.6) is 0 Å². The van der Waals surface area contributed by atoms with Crippen LogP contribution in [0.15, 0.2) is 48.5 Å². The summed E-state index contributed by atoms with van der Waals surface area (Å²) in [5, 5.41) is 0.0799. The van der Waals surface area contributed by atoms with Crippen molar-refractivity contribution in [2.45, 2.75) is 58.9 Å². The molecule has 1 aromatic heterocycles. The lowest BCUT2D eigenvalue weighted by Gasteiger charge is -2.39. The van der Waals surface area contributed by atoms with E-state index in [0.29, 0.717) is 6.61 Å². The van der Waals surface area contributed by atoms with Gasteiger partial charge in [0.15, 0.2) is 8.32 Å². The average molecular weight is 412 g/mol. The van der Waals surface area contributed by atoms with Crippen molar-refractivity contribution in [3.05, 3.63) is 71.1 Å². The molecule has 0 bridgehead atoms. The Bertz CT molecular complexity index is 854. The summed E-state index contributed by atoms with van der Waals surface area (Å²) in [4.78, 5) is 16.5. The summed E-state index contributed by atoms with van der Waals surface area (Å²) in [6.07, 6.45) is 2.96. The van der Waals surface area contributed by atoms with Crippen LogP contribution >= 0.6 is 0 Å². The van der Waals surface area contributed by atoms with Crippen LogP contribution in [0.4, 0.5) is 0 Å². The molecule has 1 heterocycles. The number of carbonyl (C=O) groups is 1. The summed E-state index contributed by atoms with van der Waals surface area (Å²) in [5.74, 6) is -0.347. The maximum atomic E-state index is 11.7. The van der Waals surface area contributed by atoms with E-state index in [2.05, 4.69) is 46.0 Å². The quantitative estimate of drug-likeness (QED) is 0.315. The molecule has 29 heavy (non-hydrogen) atoms. The molecule has 0 saturated carbocycles. The molecule has 0 aliphatic rings. The lowest BCUT2D eigenvalue weighted by atomic mass is 10.0. The monoisotopic (exact) mass is 411 g/mol. The van der Waals surface area contributed by atoms with Crippen molar-refractivity contribution >= 4 is 20.4 Å². The second-order valence-corrected chi connectivity index (χ2v) is 13.5. The molecule has 1 aromatic carbocycles. The van der Waals surface area contributed by atoms with Crippen LogP contribution in [0.1, 0.15) is 56.3 Å². The van der Waals surface area contributed by atoms with Crippen molar-refractivity contribution in [3.8, 4) is 0 Å². The number of aromatic nitrogens is 1. The molecular weight excluding hydrogens is 378 g/mol. The molecule has 156 valence electrons. The van der Waals surface area contributed by atoms with Gasteiger partial charge in [-0.15, -0.1) is 0 Å². The minimum absolute atomic E-state index is 0.0799. The molecule has 0 N–H and O–H groups in total. The van der Waals surface area contributed by atoms with Gasteiger partial charge >= 0.3 is 5.97 Å². The minimum atomic E-state index is -2.05. The molecule has 0 spiro atoms. The van der Waals surface area contributed by atoms with Crippen LogP contribution in [0.2, 0.25) is 18.1 Å². The van der Waals surface area contributed by atoms with Crippen molar-refractivity contribution in [1.29, 1.82) is 0 Å². The maximum absolute atomic E-state index is 11.7. The summed E-state index contributed by atoms with van der Waals surface area (Å²) in [7, 11) is -2.05. The molecule has 5 heteroatoms. The fraction of sp³-hybridized carbons (Fsp3) is 0.417. The van der Waals surface area contributed by atoms with Crippen LogP contribution in [-0.2, 0) is 14.0 Å². The van der Waals surface area contributed by atoms with E-state index >= 15 is 0 Å². The zero-order chi connectivity index (χ0) is 21.7. The van der Waals surface area contributed by atoms with Gasteiger partial charge in [-0.3, -0.25) is 4.98 Å². The van der Waals surface area contributed by atoms with Crippen LogP contribution < -0.4 is 0 Å². The highest BCUT2D eigenvalue weighted by molar-refractivity contribution is 6.74. The highest BCUT2D eigenvalue weighted by atomic mass is 28.4. The Kier molecular flexibility index (Phi) is 7.55. The number of aryl methyl sites for hydroxylation is 1. The van der Waals surface area contributed by atoms with Crippen molar-refractivity contribution < 1.29 is 14.0 Å². The summed E-state index contributed by atoms with van der Waals surface area (Å²) < 4.78 is 11.8. The van der Waals surface area contributed by atoms with E-state index < -0.39 is 8.32 Å². The second-order valence-electron chi connectivity index (χ2n) is 8.72. The van der Waals surface area contributed by atoms with Crippen molar-refractivity contribution in [3.63, 3.8) is 0 Å². The van der Waals surface area contributed by atoms with Gasteiger partial charge in [-0.1, -0.05) is 51.1 Å². The first kappa shape index (κ1) is 23.0. The third-order valence-corrected chi connectivity index (χ3v) is 9.72. The van der Waals surface area contributed by atoms with E-state index in [1.54, 1.807) is 13.0 Å². The van der Waals surface area contributed by atoms with Crippen LogP contribution in [0, 0.1) is 6.92 Å². The largest absolute Gasteiger partial charge is 0.463 e. The Morgan fingerprint density at radius 1 is 1.17 bits per heavy atom. The summed E-state index contributed by atoms with van der Waals surface area (Å²) >= 11 is 0. The van der Waals surface area contributed by atoms with E-state index in [0.717, 1.165) is 22.5 Å². The van der Waals surface area contributed by atoms with Gasteiger partial charge in [0, 0.05) is 11.8 Å². The molecule has 0 amide bonds. The van der Waals surface area contributed by atoms with Crippen molar-refractivity contribution in [2.75, 3.05) is 6.61 Å². The van der Waals surface area contributed by atoms with Gasteiger partial charge in [0.25, 0.3) is 0 Å². The number of nitrogens with zero attached hydrogens (tertiary/aromatic N) is 1. The number of rotatable bonds is 7. The average Bonchev–Trinajstić information content (AvgIpc) is 2.64. The fourth-order valence-corrected chi connectivity index (χ4v) is 3.91. The molecule has 0 aliphatic heterocycles. The molecule has 2 rings (SSSR count). The maximum Gasteiger partial charge on any atom is 0.330 e. The molecule has 4 nitrogen and oxygen atoms in total. The number of esters is 1. The third-order valence-electron chi connectivity index (χ3n) is 5.28. The zero-order valence-electron chi connectivity index (χ0n) is 18.7. The first-order chi connectivity index (χ1) is 13.5. The molecule has 0 fully saturated rings. The van der Waals surface area contributed by atoms with Gasteiger partial charge < -0.3 is 9.16 Å². The number of pyridine rings is 1. The van der Waals surface area contributed by atoms with Gasteiger partial charge in [0.1, 0.15) is 6.10 Å². The van der Waals surface area contributed by atoms with Gasteiger partial charge in [-0.25, -0.2) is 4.79 Å². The van der Waals surface area contributed by atoms with Crippen molar-refractivity contribution in [1.82, 2.24) is 4.98 Å².